The molecule has 3 rings (SSSR count). The highest BCUT2D eigenvalue weighted by Gasteiger charge is 2.08. The first-order valence-electron chi connectivity index (χ1n) is 5.89. The lowest BCUT2D eigenvalue weighted by molar-refractivity contribution is 0.628. The van der Waals surface area contributed by atoms with E-state index in [1.165, 1.54) is 29.2 Å². The predicted molar refractivity (Wildman–Crippen MR) is 75.5 cm³/mol. The molecule has 2 aromatic carbocycles. The van der Waals surface area contributed by atoms with E-state index in [9.17, 15) is 4.39 Å². The smallest absolute Gasteiger partial charge is 0.173 e. The van der Waals surface area contributed by atoms with E-state index in [0.717, 1.165) is 16.1 Å². The number of aryl methyl sites for hydroxylation is 1. The van der Waals surface area contributed by atoms with E-state index < -0.39 is 0 Å². The van der Waals surface area contributed by atoms with Crippen LogP contribution in [0.3, 0.4) is 0 Å². The average Bonchev–Trinajstić information content (AvgIpc) is 2.90. The summed E-state index contributed by atoms with van der Waals surface area (Å²) in [4.78, 5) is 4.50. The Bertz CT molecular complexity index is 627. The molecule has 0 N–H and O–H groups in total. The van der Waals surface area contributed by atoms with Crippen LogP contribution >= 0.6 is 11.5 Å². The van der Waals surface area contributed by atoms with E-state index in [4.69, 9.17) is 0 Å². The summed E-state index contributed by atoms with van der Waals surface area (Å²) in [5.74, 6) is 0.469. The van der Waals surface area contributed by atoms with Gasteiger partial charge in [-0.15, -0.1) is 0 Å². The predicted octanol–water partition coefficient (Wildman–Crippen LogP) is 4.32. The Morgan fingerprint density at radius 2 is 1.53 bits per heavy atom. The quantitative estimate of drug-likeness (QED) is 0.693. The maximum atomic E-state index is 12.9. The summed E-state index contributed by atoms with van der Waals surface area (Å²) in [5.41, 5.74) is 3.09. The lowest BCUT2D eigenvalue weighted by Crippen LogP contribution is -1.82. The van der Waals surface area contributed by atoms with Gasteiger partial charge in [0.15, 0.2) is 5.82 Å². The van der Waals surface area contributed by atoms with Gasteiger partial charge in [-0.25, -0.2) is 9.37 Å². The molecule has 3 aromatic rings. The van der Waals surface area contributed by atoms with Gasteiger partial charge in [-0.3, -0.25) is 0 Å². The fourth-order valence-electron chi connectivity index (χ4n) is 1.75. The normalized spacial score (nSPS) is 10.6. The summed E-state index contributed by atoms with van der Waals surface area (Å²) in [5, 5.41) is 0.801. The molecule has 19 heavy (non-hydrogen) atoms. The zero-order valence-electron chi connectivity index (χ0n) is 10.3. The number of hydrogen-bond donors (Lipinski definition) is 0. The van der Waals surface area contributed by atoms with Crippen LogP contribution in [0.15, 0.2) is 48.5 Å². The Hall–Kier alpha value is -2.07. The number of benzene rings is 2. The summed E-state index contributed by atoms with van der Waals surface area (Å²) >= 11 is 1.32. The van der Waals surface area contributed by atoms with Crippen molar-refractivity contribution in [3.63, 3.8) is 0 Å². The van der Waals surface area contributed by atoms with Crippen LogP contribution in [0, 0.1) is 12.7 Å². The molecule has 0 amide bonds. The molecular weight excluding hydrogens is 259 g/mol. The van der Waals surface area contributed by atoms with Crippen molar-refractivity contribution in [3.8, 4) is 22.0 Å². The Morgan fingerprint density at radius 3 is 2.21 bits per heavy atom. The fraction of sp³-hybridized carbons (Fsp3) is 0.0667. The molecule has 4 heteroatoms. The number of nitrogens with zero attached hydrogens (tertiary/aromatic N) is 2. The SMILES string of the molecule is Cc1ccc(-c2nsc(-c3ccc(F)cc3)n2)cc1. The molecule has 0 atom stereocenters. The molecule has 0 spiro atoms. The van der Waals surface area contributed by atoms with Gasteiger partial charge >= 0.3 is 0 Å². The van der Waals surface area contributed by atoms with Crippen LogP contribution in [-0.2, 0) is 0 Å². The van der Waals surface area contributed by atoms with Crippen molar-refractivity contribution in [2.45, 2.75) is 6.92 Å². The largest absolute Gasteiger partial charge is 0.215 e. The lowest BCUT2D eigenvalue weighted by atomic mass is 10.1. The third kappa shape index (κ3) is 2.53. The second-order valence-corrected chi connectivity index (χ2v) is 5.05. The summed E-state index contributed by atoms with van der Waals surface area (Å²) in [6.07, 6.45) is 0. The van der Waals surface area contributed by atoms with E-state index in [-0.39, 0.29) is 5.82 Å². The van der Waals surface area contributed by atoms with Crippen molar-refractivity contribution in [3.05, 3.63) is 59.9 Å². The number of rotatable bonds is 2. The fourth-order valence-corrected chi connectivity index (χ4v) is 2.44. The summed E-state index contributed by atoms with van der Waals surface area (Å²) < 4.78 is 17.2. The van der Waals surface area contributed by atoms with E-state index in [0.29, 0.717) is 5.82 Å². The minimum atomic E-state index is -0.243. The summed E-state index contributed by atoms with van der Waals surface area (Å²) in [6, 6.07) is 14.4. The van der Waals surface area contributed by atoms with Gasteiger partial charge in [0.25, 0.3) is 0 Å². The van der Waals surface area contributed by atoms with Crippen molar-refractivity contribution in [2.24, 2.45) is 0 Å². The second-order valence-electron chi connectivity index (χ2n) is 4.30. The molecule has 1 heterocycles. The second kappa shape index (κ2) is 4.90. The zero-order chi connectivity index (χ0) is 13.2. The maximum Gasteiger partial charge on any atom is 0.173 e. The van der Waals surface area contributed by atoms with E-state index >= 15 is 0 Å². The van der Waals surface area contributed by atoms with Crippen LogP contribution in [-0.4, -0.2) is 9.36 Å². The van der Waals surface area contributed by atoms with Gasteiger partial charge in [0.1, 0.15) is 10.8 Å². The van der Waals surface area contributed by atoms with Gasteiger partial charge in [0, 0.05) is 11.1 Å². The Balaban J connectivity index is 1.95. The highest BCUT2D eigenvalue weighted by molar-refractivity contribution is 7.09. The molecular formula is C15H11FN2S. The Morgan fingerprint density at radius 1 is 0.895 bits per heavy atom. The van der Waals surface area contributed by atoms with Crippen LogP contribution in [0.2, 0.25) is 0 Å². The van der Waals surface area contributed by atoms with Gasteiger partial charge in [-0.2, -0.15) is 4.37 Å². The van der Waals surface area contributed by atoms with Crippen molar-refractivity contribution >= 4 is 11.5 Å². The molecule has 0 radical (unpaired) electrons. The van der Waals surface area contributed by atoms with Gasteiger partial charge in [0.05, 0.1) is 0 Å². The molecule has 0 saturated heterocycles. The van der Waals surface area contributed by atoms with Crippen molar-refractivity contribution in [1.29, 1.82) is 0 Å². The van der Waals surface area contributed by atoms with E-state index in [1.807, 2.05) is 31.2 Å². The summed E-state index contributed by atoms with van der Waals surface area (Å²) in [7, 11) is 0. The van der Waals surface area contributed by atoms with Crippen LogP contribution in [0.25, 0.3) is 22.0 Å². The maximum absolute atomic E-state index is 12.9. The minimum Gasteiger partial charge on any atom is -0.215 e. The van der Waals surface area contributed by atoms with Crippen molar-refractivity contribution in [2.75, 3.05) is 0 Å². The third-order valence-corrected chi connectivity index (χ3v) is 3.59. The van der Waals surface area contributed by atoms with Crippen LogP contribution < -0.4 is 0 Å². The van der Waals surface area contributed by atoms with Gasteiger partial charge in [-0.1, -0.05) is 29.8 Å². The first kappa shape index (κ1) is 12.0. The molecule has 0 saturated carbocycles. The molecule has 94 valence electrons. The van der Waals surface area contributed by atoms with Gasteiger partial charge in [-0.05, 0) is 42.7 Å². The Labute approximate surface area is 114 Å². The molecule has 0 bridgehead atoms. The van der Waals surface area contributed by atoms with Crippen LogP contribution in [0.5, 0.6) is 0 Å². The summed E-state index contributed by atoms with van der Waals surface area (Å²) in [6.45, 7) is 2.04. The standard InChI is InChI=1S/C15H11FN2S/c1-10-2-4-11(5-3-10)14-17-15(19-18-14)12-6-8-13(16)9-7-12/h2-9H,1H3. The molecule has 0 fully saturated rings. The molecule has 0 aliphatic heterocycles. The number of hydrogen-bond acceptors (Lipinski definition) is 3. The first-order valence-corrected chi connectivity index (χ1v) is 6.66. The molecule has 0 aliphatic rings. The number of aromatic nitrogens is 2. The van der Waals surface area contributed by atoms with E-state index in [2.05, 4.69) is 9.36 Å². The molecule has 1 aromatic heterocycles. The molecule has 0 aliphatic carbocycles. The van der Waals surface area contributed by atoms with Gasteiger partial charge < -0.3 is 0 Å². The van der Waals surface area contributed by atoms with Gasteiger partial charge in [0.2, 0.25) is 0 Å². The average molecular weight is 270 g/mol. The van der Waals surface area contributed by atoms with Crippen molar-refractivity contribution < 1.29 is 4.39 Å². The lowest BCUT2D eigenvalue weighted by Gasteiger charge is -1.96. The van der Waals surface area contributed by atoms with Crippen LogP contribution in [0.4, 0.5) is 4.39 Å². The monoisotopic (exact) mass is 270 g/mol. The zero-order valence-corrected chi connectivity index (χ0v) is 11.1. The minimum absolute atomic E-state index is 0.243. The highest BCUT2D eigenvalue weighted by Crippen LogP contribution is 2.26. The Kier molecular flexibility index (Phi) is 3.09. The van der Waals surface area contributed by atoms with Crippen LogP contribution in [0.1, 0.15) is 5.56 Å². The first-order chi connectivity index (χ1) is 9.22. The van der Waals surface area contributed by atoms with E-state index in [1.54, 1.807) is 12.1 Å². The third-order valence-electron chi connectivity index (χ3n) is 2.83. The molecule has 2 nitrogen and oxygen atoms in total. The topological polar surface area (TPSA) is 25.8 Å². The molecule has 0 unspecified atom stereocenters. The number of halogens is 1. The highest BCUT2D eigenvalue weighted by atomic mass is 32.1. The van der Waals surface area contributed by atoms with Crippen molar-refractivity contribution in [1.82, 2.24) is 9.36 Å².